The molecule has 98 valence electrons. The Bertz CT molecular complexity index is 594. The molecule has 5 heteroatoms. The van der Waals surface area contributed by atoms with Crippen molar-refractivity contribution in [1.82, 2.24) is 0 Å². The highest BCUT2D eigenvalue weighted by Crippen LogP contribution is 2.20. The minimum Gasteiger partial charge on any atom is -0.488 e. The number of para-hydroxylation sites is 1. The summed E-state index contributed by atoms with van der Waals surface area (Å²) in [6.07, 6.45) is 0. The molecule has 0 atom stereocenters. The van der Waals surface area contributed by atoms with E-state index in [4.69, 9.17) is 15.9 Å². The van der Waals surface area contributed by atoms with Gasteiger partial charge in [-0.25, -0.2) is 8.78 Å². The van der Waals surface area contributed by atoms with Crippen molar-refractivity contribution in [3.05, 3.63) is 65.2 Å². The van der Waals surface area contributed by atoms with Gasteiger partial charge < -0.3 is 10.5 Å². The summed E-state index contributed by atoms with van der Waals surface area (Å²) in [7, 11) is 0. The molecule has 0 aromatic heterocycles. The molecule has 0 amide bonds. The Morgan fingerprint density at radius 1 is 1.05 bits per heavy atom. The Hall–Kier alpha value is -2.43. The van der Waals surface area contributed by atoms with Gasteiger partial charge in [0.15, 0.2) is 0 Å². The number of hydrogen-bond acceptors (Lipinski definition) is 2. The zero-order valence-corrected chi connectivity index (χ0v) is 9.99. The number of hydrogen-bond donors (Lipinski definition) is 2. The van der Waals surface area contributed by atoms with E-state index < -0.39 is 11.6 Å². The number of halogens is 2. The molecule has 3 N–H and O–H groups in total. The van der Waals surface area contributed by atoms with E-state index >= 15 is 0 Å². The molecule has 0 spiro atoms. The van der Waals surface area contributed by atoms with Crippen LogP contribution in [0.1, 0.15) is 11.1 Å². The second-order valence-corrected chi connectivity index (χ2v) is 3.90. The van der Waals surface area contributed by atoms with Crippen molar-refractivity contribution in [2.24, 2.45) is 5.73 Å². The van der Waals surface area contributed by atoms with E-state index in [0.717, 1.165) is 0 Å². The molecule has 0 fully saturated rings. The Morgan fingerprint density at radius 3 is 2.32 bits per heavy atom. The van der Waals surface area contributed by atoms with Gasteiger partial charge in [-0.3, -0.25) is 5.41 Å². The van der Waals surface area contributed by atoms with Crippen molar-refractivity contribution < 1.29 is 13.5 Å². The summed E-state index contributed by atoms with van der Waals surface area (Å²) < 4.78 is 32.2. The number of amidine groups is 1. The summed E-state index contributed by atoms with van der Waals surface area (Å²) in [5, 5.41) is 7.39. The normalized spacial score (nSPS) is 10.2. The maximum Gasteiger partial charge on any atom is 0.132 e. The third kappa shape index (κ3) is 2.88. The average molecular weight is 262 g/mol. The number of nitrogens with two attached hydrogens (primary N) is 1. The van der Waals surface area contributed by atoms with Gasteiger partial charge in [0.25, 0.3) is 0 Å². The van der Waals surface area contributed by atoms with Gasteiger partial charge in [-0.2, -0.15) is 0 Å². The van der Waals surface area contributed by atoms with E-state index in [9.17, 15) is 8.78 Å². The summed E-state index contributed by atoms with van der Waals surface area (Å²) in [6, 6.07) is 10.2. The highest BCUT2D eigenvalue weighted by atomic mass is 19.1. The Labute approximate surface area is 109 Å². The largest absolute Gasteiger partial charge is 0.488 e. The van der Waals surface area contributed by atoms with Crippen LogP contribution in [0, 0.1) is 17.0 Å². The van der Waals surface area contributed by atoms with Crippen molar-refractivity contribution in [3.8, 4) is 5.75 Å². The van der Waals surface area contributed by atoms with Gasteiger partial charge in [-0.1, -0.05) is 18.2 Å². The Kier molecular flexibility index (Phi) is 3.75. The van der Waals surface area contributed by atoms with Crippen LogP contribution in [-0.4, -0.2) is 5.84 Å². The quantitative estimate of drug-likeness (QED) is 0.657. The van der Waals surface area contributed by atoms with Gasteiger partial charge in [0.2, 0.25) is 0 Å². The topological polar surface area (TPSA) is 59.1 Å². The van der Waals surface area contributed by atoms with Crippen LogP contribution in [0.2, 0.25) is 0 Å². The van der Waals surface area contributed by atoms with Crippen LogP contribution in [0.3, 0.4) is 0 Å². The first-order valence-electron chi connectivity index (χ1n) is 5.58. The van der Waals surface area contributed by atoms with Crippen molar-refractivity contribution >= 4 is 5.84 Å². The second kappa shape index (κ2) is 5.48. The minimum absolute atomic E-state index is 0.152. The fourth-order valence-corrected chi connectivity index (χ4v) is 1.64. The molecule has 0 saturated carbocycles. The number of nitrogen functional groups attached to an aromatic ring is 1. The molecule has 0 aliphatic rings. The van der Waals surface area contributed by atoms with Gasteiger partial charge in [0.05, 0.1) is 11.1 Å². The molecule has 2 aromatic carbocycles. The van der Waals surface area contributed by atoms with Crippen molar-refractivity contribution in [2.75, 3.05) is 0 Å². The second-order valence-electron chi connectivity index (χ2n) is 3.90. The highest BCUT2D eigenvalue weighted by Gasteiger charge is 2.11. The summed E-state index contributed by atoms with van der Waals surface area (Å²) in [4.78, 5) is 0. The van der Waals surface area contributed by atoms with E-state index in [2.05, 4.69) is 0 Å². The van der Waals surface area contributed by atoms with E-state index in [0.29, 0.717) is 11.3 Å². The SMILES string of the molecule is N=C(N)c1ccccc1OCc1c(F)cccc1F. The molecule has 0 saturated heterocycles. The first-order valence-corrected chi connectivity index (χ1v) is 5.58. The van der Waals surface area contributed by atoms with Crippen LogP contribution in [0.5, 0.6) is 5.75 Å². The van der Waals surface area contributed by atoms with Gasteiger partial charge in [-0.05, 0) is 24.3 Å². The zero-order chi connectivity index (χ0) is 13.8. The first kappa shape index (κ1) is 13.0. The molecule has 0 radical (unpaired) electrons. The predicted octanol–water partition coefficient (Wildman–Crippen LogP) is 2.83. The van der Waals surface area contributed by atoms with E-state index in [-0.39, 0.29) is 18.0 Å². The van der Waals surface area contributed by atoms with Crippen molar-refractivity contribution in [1.29, 1.82) is 5.41 Å². The van der Waals surface area contributed by atoms with Gasteiger partial charge in [-0.15, -0.1) is 0 Å². The van der Waals surface area contributed by atoms with Crippen molar-refractivity contribution in [2.45, 2.75) is 6.61 Å². The minimum atomic E-state index is -0.666. The van der Waals surface area contributed by atoms with Crippen LogP contribution < -0.4 is 10.5 Å². The maximum absolute atomic E-state index is 13.4. The number of ether oxygens (including phenoxy) is 1. The summed E-state index contributed by atoms with van der Waals surface area (Å²) in [6.45, 7) is -0.261. The van der Waals surface area contributed by atoms with E-state index in [1.165, 1.54) is 18.2 Å². The lowest BCUT2D eigenvalue weighted by Crippen LogP contribution is -2.13. The monoisotopic (exact) mass is 262 g/mol. The zero-order valence-electron chi connectivity index (χ0n) is 9.99. The fraction of sp³-hybridized carbons (Fsp3) is 0.0714. The summed E-state index contributed by atoms with van der Waals surface area (Å²) in [5.41, 5.74) is 5.63. The van der Waals surface area contributed by atoms with Crippen LogP contribution in [-0.2, 0) is 6.61 Å². The van der Waals surface area contributed by atoms with Crippen LogP contribution >= 0.6 is 0 Å². The third-order valence-corrected chi connectivity index (χ3v) is 2.61. The predicted molar refractivity (Wildman–Crippen MR) is 68.1 cm³/mol. The molecule has 2 rings (SSSR count). The van der Waals surface area contributed by atoms with Gasteiger partial charge in [0.1, 0.15) is 29.8 Å². The van der Waals surface area contributed by atoms with Crippen molar-refractivity contribution in [3.63, 3.8) is 0 Å². The highest BCUT2D eigenvalue weighted by molar-refractivity contribution is 5.97. The van der Waals surface area contributed by atoms with Crippen LogP contribution in [0.25, 0.3) is 0 Å². The number of rotatable bonds is 4. The lowest BCUT2D eigenvalue weighted by Gasteiger charge is -2.11. The molecule has 0 heterocycles. The molecular weight excluding hydrogens is 250 g/mol. The van der Waals surface area contributed by atoms with Gasteiger partial charge >= 0.3 is 0 Å². The molecule has 2 aromatic rings. The van der Waals surface area contributed by atoms with E-state index in [1.807, 2.05) is 0 Å². The number of benzene rings is 2. The third-order valence-electron chi connectivity index (χ3n) is 2.61. The summed E-state index contributed by atoms with van der Waals surface area (Å²) >= 11 is 0. The smallest absolute Gasteiger partial charge is 0.132 e. The molecule has 19 heavy (non-hydrogen) atoms. The molecule has 0 aliphatic heterocycles. The van der Waals surface area contributed by atoms with Crippen LogP contribution in [0.4, 0.5) is 8.78 Å². The average Bonchev–Trinajstić information content (AvgIpc) is 2.38. The molecule has 0 aliphatic carbocycles. The standard InChI is InChI=1S/C14H12F2N2O/c15-11-5-3-6-12(16)10(11)8-19-13-7-2-1-4-9(13)14(17)18/h1-7H,8H2,(H3,17,18). The van der Waals surface area contributed by atoms with Gasteiger partial charge in [0, 0.05) is 0 Å². The summed E-state index contributed by atoms with van der Waals surface area (Å²) in [5.74, 6) is -1.18. The first-order chi connectivity index (χ1) is 9.09. The Balaban J connectivity index is 2.22. The molecule has 0 bridgehead atoms. The maximum atomic E-state index is 13.4. The van der Waals surface area contributed by atoms with Crippen LogP contribution in [0.15, 0.2) is 42.5 Å². The lowest BCUT2D eigenvalue weighted by atomic mass is 10.2. The van der Waals surface area contributed by atoms with E-state index in [1.54, 1.807) is 24.3 Å². The molecule has 0 unspecified atom stereocenters. The Morgan fingerprint density at radius 2 is 1.68 bits per heavy atom. The molecule has 3 nitrogen and oxygen atoms in total. The lowest BCUT2D eigenvalue weighted by molar-refractivity contribution is 0.292. The molecular formula is C14H12F2N2O. The number of nitrogens with one attached hydrogen (secondary N) is 1. The fourth-order valence-electron chi connectivity index (χ4n) is 1.64.